The van der Waals surface area contributed by atoms with Crippen LogP contribution in [0.25, 0.3) is 11.0 Å². The highest BCUT2D eigenvalue weighted by molar-refractivity contribution is 6.30. The molecule has 2 aromatic heterocycles. The summed E-state index contributed by atoms with van der Waals surface area (Å²) >= 11 is 5.65. The van der Waals surface area contributed by atoms with E-state index in [9.17, 15) is 19.7 Å². The van der Waals surface area contributed by atoms with E-state index >= 15 is 0 Å². The largest absolute Gasteiger partial charge is 0.387 e. The average molecular weight is 380 g/mol. The molecule has 3 aromatic rings. The summed E-state index contributed by atoms with van der Waals surface area (Å²) in [6.07, 6.45) is -1.54. The minimum Gasteiger partial charge on any atom is -0.387 e. The smallest absolute Gasteiger partial charge is 0.164 e. The van der Waals surface area contributed by atoms with Gasteiger partial charge in [-0.1, -0.05) is 17.7 Å². The van der Waals surface area contributed by atoms with Crippen LogP contribution in [-0.2, 0) is 4.74 Å². The molecule has 1 aliphatic heterocycles. The van der Waals surface area contributed by atoms with Crippen molar-refractivity contribution in [2.45, 2.75) is 30.6 Å². The van der Waals surface area contributed by atoms with Crippen molar-refractivity contribution in [3.05, 3.63) is 59.4 Å². The predicted molar refractivity (Wildman–Crippen MR) is 89.8 cm³/mol. The van der Waals surface area contributed by atoms with Crippen LogP contribution in [0.1, 0.15) is 17.9 Å². The molecule has 5 unspecified atom stereocenters. The monoisotopic (exact) mass is 379 g/mol. The van der Waals surface area contributed by atoms with Gasteiger partial charge >= 0.3 is 0 Å². The number of fused-ring (bicyclic) bond motifs is 1. The van der Waals surface area contributed by atoms with Crippen LogP contribution in [0.5, 0.6) is 0 Å². The summed E-state index contributed by atoms with van der Waals surface area (Å²) in [4.78, 5) is 8.07. The Morgan fingerprint density at radius 3 is 2.81 bits per heavy atom. The van der Waals surface area contributed by atoms with Gasteiger partial charge in [0.05, 0.1) is 5.02 Å². The van der Waals surface area contributed by atoms with Gasteiger partial charge in [-0.3, -0.25) is 0 Å². The van der Waals surface area contributed by atoms with Gasteiger partial charge < -0.3 is 24.6 Å². The van der Waals surface area contributed by atoms with Crippen LogP contribution in [0.3, 0.4) is 0 Å². The number of benzene rings is 1. The summed E-state index contributed by atoms with van der Waals surface area (Å²) in [5.41, 5.74) is 0.701. The highest BCUT2D eigenvalue weighted by atomic mass is 35.5. The molecule has 9 heteroatoms. The molecule has 0 spiro atoms. The normalized spacial score (nSPS) is 27.1. The number of hydrogen-bond acceptors (Lipinski definition) is 6. The molecule has 5 atom stereocenters. The maximum absolute atomic E-state index is 13.7. The standard InChI is InChI=1S/C17H15ClFN3O4/c18-10-2-1-8(5-11(10)19)12(23)15-13(24)14(25)17(26-15)22-4-3-9-6-20-7-21-16(9)22/h1-7,12-15,17,23-25H. The van der Waals surface area contributed by atoms with Crippen LogP contribution in [-0.4, -0.2) is 48.2 Å². The molecule has 0 saturated carbocycles. The summed E-state index contributed by atoms with van der Waals surface area (Å²) < 4.78 is 20.9. The van der Waals surface area contributed by atoms with Gasteiger partial charge in [0.2, 0.25) is 0 Å². The minimum atomic E-state index is -1.38. The fourth-order valence-electron chi connectivity index (χ4n) is 3.17. The second-order valence-corrected chi connectivity index (χ2v) is 6.52. The van der Waals surface area contributed by atoms with Crippen molar-refractivity contribution in [3.8, 4) is 0 Å². The van der Waals surface area contributed by atoms with Crippen molar-refractivity contribution in [2.75, 3.05) is 0 Å². The number of nitrogens with zero attached hydrogens (tertiary/aromatic N) is 3. The van der Waals surface area contributed by atoms with E-state index in [1.165, 1.54) is 18.5 Å². The van der Waals surface area contributed by atoms with Crippen LogP contribution in [0.4, 0.5) is 4.39 Å². The Labute approximate surface area is 152 Å². The van der Waals surface area contributed by atoms with E-state index in [1.807, 2.05) is 0 Å². The van der Waals surface area contributed by atoms with Crippen molar-refractivity contribution >= 4 is 22.6 Å². The second kappa shape index (κ2) is 6.57. The Kier molecular flexibility index (Phi) is 4.37. The van der Waals surface area contributed by atoms with Crippen LogP contribution in [0.2, 0.25) is 5.02 Å². The zero-order valence-corrected chi connectivity index (χ0v) is 14.0. The van der Waals surface area contributed by atoms with Gasteiger partial charge in [-0.25, -0.2) is 14.4 Å². The SMILES string of the molecule is OC(c1ccc(Cl)c(F)c1)C1OC(n2ccc3cncnc32)C(O)C1O. The zero-order chi connectivity index (χ0) is 18.4. The molecule has 0 aliphatic carbocycles. The molecular weight excluding hydrogens is 365 g/mol. The number of rotatable bonds is 3. The Balaban J connectivity index is 1.64. The average Bonchev–Trinajstić information content (AvgIpc) is 3.19. The molecule has 1 aromatic carbocycles. The molecule has 7 nitrogen and oxygen atoms in total. The molecule has 3 heterocycles. The van der Waals surface area contributed by atoms with E-state index in [1.54, 1.807) is 23.0 Å². The maximum Gasteiger partial charge on any atom is 0.164 e. The van der Waals surface area contributed by atoms with Crippen LogP contribution >= 0.6 is 11.6 Å². The highest BCUT2D eigenvalue weighted by Gasteiger charge is 2.47. The summed E-state index contributed by atoms with van der Waals surface area (Å²) in [6.45, 7) is 0. The molecule has 26 heavy (non-hydrogen) atoms. The quantitative estimate of drug-likeness (QED) is 0.638. The molecule has 1 fully saturated rings. The van der Waals surface area contributed by atoms with E-state index in [0.29, 0.717) is 5.65 Å². The number of halogens is 2. The van der Waals surface area contributed by atoms with Gasteiger partial charge in [0.15, 0.2) is 6.23 Å². The molecule has 1 aliphatic rings. The highest BCUT2D eigenvalue weighted by Crippen LogP contribution is 2.37. The lowest BCUT2D eigenvalue weighted by molar-refractivity contribution is -0.0848. The topological polar surface area (TPSA) is 101 Å². The molecule has 4 rings (SSSR count). The molecule has 0 radical (unpaired) electrons. The summed E-state index contributed by atoms with van der Waals surface area (Å²) in [5, 5.41) is 31.9. The van der Waals surface area contributed by atoms with E-state index < -0.39 is 36.5 Å². The van der Waals surface area contributed by atoms with Crippen molar-refractivity contribution in [2.24, 2.45) is 0 Å². The fourth-order valence-corrected chi connectivity index (χ4v) is 3.28. The van der Waals surface area contributed by atoms with E-state index in [0.717, 1.165) is 11.5 Å². The summed E-state index contributed by atoms with van der Waals surface area (Å²) in [7, 11) is 0. The third-order valence-electron chi connectivity index (χ3n) is 4.52. The number of aliphatic hydroxyl groups excluding tert-OH is 3. The molecule has 136 valence electrons. The zero-order valence-electron chi connectivity index (χ0n) is 13.3. The predicted octanol–water partition coefficient (Wildman–Crippen LogP) is 1.58. The van der Waals surface area contributed by atoms with Gasteiger partial charge in [0.1, 0.15) is 42.2 Å². The molecule has 0 amide bonds. The maximum atomic E-state index is 13.7. The lowest BCUT2D eigenvalue weighted by Crippen LogP contribution is -2.34. The summed E-state index contributed by atoms with van der Waals surface area (Å²) in [5.74, 6) is -0.694. The first-order chi connectivity index (χ1) is 12.5. The van der Waals surface area contributed by atoms with Gasteiger partial charge in [0, 0.05) is 17.8 Å². The third kappa shape index (κ3) is 2.76. The number of hydrogen-bond donors (Lipinski definition) is 3. The number of aromatic nitrogens is 3. The molecule has 0 bridgehead atoms. The first kappa shape index (κ1) is 17.3. The lowest BCUT2D eigenvalue weighted by atomic mass is 9.99. The fraction of sp³-hybridized carbons (Fsp3) is 0.294. The van der Waals surface area contributed by atoms with Crippen molar-refractivity contribution in [3.63, 3.8) is 0 Å². The Bertz CT molecular complexity index is 953. The number of ether oxygens (including phenoxy) is 1. The van der Waals surface area contributed by atoms with Crippen molar-refractivity contribution < 1.29 is 24.4 Å². The van der Waals surface area contributed by atoms with Crippen LogP contribution in [0, 0.1) is 5.82 Å². The first-order valence-corrected chi connectivity index (χ1v) is 8.26. The Morgan fingerprint density at radius 1 is 1.23 bits per heavy atom. The molecular formula is C17H15ClFN3O4. The van der Waals surface area contributed by atoms with Crippen LogP contribution < -0.4 is 0 Å². The van der Waals surface area contributed by atoms with Gasteiger partial charge in [-0.05, 0) is 23.8 Å². The molecule has 3 N–H and O–H groups in total. The van der Waals surface area contributed by atoms with E-state index in [2.05, 4.69) is 9.97 Å². The first-order valence-electron chi connectivity index (χ1n) is 7.88. The summed E-state index contributed by atoms with van der Waals surface area (Å²) in [6, 6.07) is 5.56. The minimum absolute atomic E-state index is 0.0785. The van der Waals surface area contributed by atoms with Crippen molar-refractivity contribution in [1.29, 1.82) is 0 Å². The van der Waals surface area contributed by atoms with Gasteiger partial charge in [-0.15, -0.1) is 0 Å². The second-order valence-electron chi connectivity index (χ2n) is 6.12. The molecule has 1 saturated heterocycles. The van der Waals surface area contributed by atoms with E-state index in [-0.39, 0.29) is 10.6 Å². The van der Waals surface area contributed by atoms with E-state index in [4.69, 9.17) is 16.3 Å². The third-order valence-corrected chi connectivity index (χ3v) is 4.83. The Morgan fingerprint density at radius 2 is 2.04 bits per heavy atom. The number of aliphatic hydroxyl groups is 3. The van der Waals surface area contributed by atoms with Crippen molar-refractivity contribution in [1.82, 2.24) is 14.5 Å². The van der Waals surface area contributed by atoms with Gasteiger partial charge in [-0.2, -0.15) is 0 Å². The van der Waals surface area contributed by atoms with Gasteiger partial charge in [0.25, 0.3) is 0 Å². The lowest BCUT2D eigenvalue weighted by Gasteiger charge is -2.21. The Hall–Kier alpha value is -2.10. The van der Waals surface area contributed by atoms with Crippen LogP contribution in [0.15, 0.2) is 43.0 Å².